The summed E-state index contributed by atoms with van der Waals surface area (Å²) in [5.74, 6) is 0.505. The van der Waals surface area contributed by atoms with Gasteiger partial charge in [-0.1, -0.05) is 6.92 Å². The molecule has 0 aromatic rings. The number of hydrogen-bond acceptors (Lipinski definition) is 3. The number of hydrogen-bond donors (Lipinski definition) is 1. The first-order valence-electron chi connectivity index (χ1n) is 7.33. The number of ether oxygens (including phenoxy) is 2. The Bertz CT molecular complexity index is 243. The maximum absolute atomic E-state index is 6.19. The van der Waals surface area contributed by atoms with Crippen LogP contribution >= 0.6 is 0 Å². The van der Waals surface area contributed by atoms with Gasteiger partial charge in [-0.05, 0) is 54.0 Å². The van der Waals surface area contributed by atoms with E-state index in [4.69, 9.17) is 9.47 Å². The van der Waals surface area contributed by atoms with Crippen molar-refractivity contribution in [2.75, 3.05) is 19.8 Å². The highest BCUT2D eigenvalue weighted by molar-refractivity contribution is 4.99. The molecule has 3 nitrogen and oxygen atoms in total. The third kappa shape index (κ3) is 4.22. The average Bonchev–Trinajstić information content (AvgIpc) is 2.47. The van der Waals surface area contributed by atoms with Crippen LogP contribution in [0.3, 0.4) is 0 Å². The van der Waals surface area contributed by atoms with Gasteiger partial charge in [0.1, 0.15) is 0 Å². The molecule has 1 aliphatic rings. The Morgan fingerprint density at radius 2 is 1.94 bits per heavy atom. The highest BCUT2D eigenvalue weighted by Gasteiger charge is 2.48. The first-order chi connectivity index (χ1) is 8.32. The molecule has 1 N–H and O–H groups in total. The van der Waals surface area contributed by atoms with Crippen LogP contribution in [0.15, 0.2) is 0 Å². The lowest BCUT2D eigenvalue weighted by molar-refractivity contribution is -0.0803. The van der Waals surface area contributed by atoms with Crippen molar-refractivity contribution >= 4 is 0 Å². The molecular weight excluding hydrogens is 226 g/mol. The summed E-state index contributed by atoms with van der Waals surface area (Å²) < 4.78 is 11.8. The van der Waals surface area contributed by atoms with E-state index in [1.807, 2.05) is 0 Å². The molecule has 2 atom stereocenters. The lowest BCUT2D eigenvalue weighted by Gasteiger charge is -2.33. The van der Waals surface area contributed by atoms with Gasteiger partial charge in [0.15, 0.2) is 0 Å². The molecule has 1 saturated heterocycles. The smallest absolute Gasteiger partial charge is 0.0678 e. The van der Waals surface area contributed by atoms with Crippen molar-refractivity contribution in [1.82, 2.24) is 5.32 Å². The number of nitrogens with one attached hydrogen (secondary N) is 1. The molecule has 1 fully saturated rings. The Kier molecular flexibility index (Phi) is 5.63. The van der Waals surface area contributed by atoms with E-state index in [2.05, 4.69) is 46.9 Å². The van der Waals surface area contributed by atoms with Crippen LogP contribution in [-0.2, 0) is 9.47 Å². The molecule has 0 spiro atoms. The van der Waals surface area contributed by atoms with Gasteiger partial charge in [0.05, 0.1) is 17.8 Å². The molecule has 108 valence electrons. The standard InChI is InChI=1S/C15H31NO2/c1-7-9-16-13(11-17-8-2)12-10-14(3,4)18-15(12,5)6/h12-13,16H,7-11H2,1-6H3. The molecular formula is C15H31NO2. The van der Waals surface area contributed by atoms with Crippen molar-refractivity contribution in [2.45, 2.75) is 71.6 Å². The van der Waals surface area contributed by atoms with Crippen molar-refractivity contribution in [1.29, 1.82) is 0 Å². The zero-order valence-electron chi connectivity index (χ0n) is 13.0. The van der Waals surface area contributed by atoms with Crippen molar-refractivity contribution < 1.29 is 9.47 Å². The summed E-state index contributed by atoms with van der Waals surface area (Å²) in [5.41, 5.74) is -0.0987. The molecule has 0 aliphatic carbocycles. The summed E-state index contributed by atoms with van der Waals surface area (Å²) in [6.45, 7) is 15.6. The van der Waals surface area contributed by atoms with E-state index in [-0.39, 0.29) is 11.2 Å². The first kappa shape index (κ1) is 15.9. The van der Waals surface area contributed by atoms with Crippen LogP contribution < -0.4 is 5.32 Å². The second kappa shape index (κ2) is 6.36. The van der Waals surface area contributed by atoms with E-state index in [9.17, 15) is 0 Å². The minimum atomic E-state index is -0.0774. The SMILES string of the molecule is CCCNC(COCC)C1CC(C)(C)OC1(C)C. The van der Waals surface area contributed by atoms with Crippen LogP contribution in [0.25, 0.3) is 0 Å². The van der Waals surface area contributed by atoms with Crippen LogP contribution in [0.1, 0.15) is 54.4 Å². The van der Waals surface area contributed by atoms with Gasteiger partial charge in [0.25, 0.3) is 0 Å². The maximum Gasteiger partial charge on any atom is 0.0678 e. The highest BCUT2D eigenvalue weighted by atomic mass is 16.5. The molecule has 0 radical (unpaired) electrons. The fraction of sp³-hybridized carbons (Fsp3) is 1.00. The van der Waals surface area contributed by atoms with Crippen LogP contribution in [0.2, 0.25) is 0 Å². The average molecular weight is 257 g/mol. The summed E-state index contributed by atoms with van der Waals surface area (Å²) in [6.07, 6.45) is 2.24. The Morgan fingerprint density at radius 1 is 1.28 bits per heavy atom. The summed E-state index contributed by atoms with van der Waals surface area (Å²) in [7, 11) is 0. The van der Waals surface area contributed by atoms with Gasteiger partial charge in [0, 0.05) is 18.6 Å². The van der Waals surface area contributed by atoms with Gasteiger partial charge in [-0.2, -0.15) is 0 Å². The minimum Gasteiger partial charge on any atom is -0.380 e. The first-order valence-corrected chi connectivity index (χ1v) is 7.33. The van der Waals surface area contributed by atoms with E-state index >= 15 is 0 Å². The molecule has 3 heteroatoms. The van der Waals surface area contributed by atoms with E-state index in [0.717, 1.165) is 32.6 Å². The Morgan fingerprint density at radius 3 is 2.39 bits per heavy atom. The summed E-state index contributed by atoms with van der Waals surface area (Å²) in [6, 6.07) is 0.390. The van der Waals surface area contributed by atoms with Crippen molar-refractivity contribution in [3.63, 3.8) is 0 Å². The van der Waals surface area contributed by atoms with Crippen molar-refractivity contribution in [3.8, 4) is 0 Å². The molecule has 18 heavy (non-hydrogen) atoms. The Hall–Kier alpha value is -0.120. The lowest BCUT2D eigenvalue weighted by atomic mass is 9.82. The molecule has 0 aromatic carbocycles. The molecule has 1 rings (SSSR count). The second-order valence-corrected chi connectivity index (χ2v) is 6.50. The predicted molar refractivity (Wildman–Crippen MR) is 75.9 cm³/mol. The molecule has 0 bridgehead atoms. The Labute approximate surface area is 113 Å². The molecule has 1 aliphatic heterocycles. The Balaban J connectivity index is 2.70. The van der Waals surface area contributed by atoms with Gasteiger partial charge in [0.2, 0.25) is 0 Å². The zero-order chi connectivity index (χ0) is 13.8. The van der Waals surface area contributed by atoms with Crippen LogP contribution in [0.5, 0.6) is 0 Å². The van der Waals surface area contributed by atoms with Crippen molar-refractivity contribution in [2.24, 2.45) is 5.92 Å². The largest absolute Gasteiger partial charge is 0.380 e. The van der Waals surface area contributed by atoms with E-state index in [1.165, 1.54) is 0 Å². The van der Waals surface area contributed by atoms with Crippen LogP contribution in [0, 0.1) is 5.92 Å². The summed E-state index contributed by atoms with van der Waals surface area (Å²) in [5, 5.41) is 3.63. The molecule has 0 saturated carbocycles. The molecule has 2 unspecified atom stereocenters. The lowest BCUT2D eigenvalue weighted by Crippen LogP contribution is -2.47. The maximum atomic E-state index is 6.19. The third-order valence-electron chi connectivity index (χ3n) is 3.79. The topological polar surface area (TPSA) is 30.5 Å². The molecule has 0 aromatic heterocycles. The molecule has 1 heterocycles. The normalized spacial score (nSPS) is 27.3. The number of rotatable bonds is 7. The molecule has 0 amide bonds. The fourth-order valence-corrected chi connectivity index (χ4v) is 3.12. The summed E-state index contributed by atoms with van der Waals surface area (Å²) in [4.78, 5) is 0. The predicted octanol–water partition coefficient (Wildman–Crippen LogP) is 2.98. The summed E-state index contributed by atoms with van der Waals surface area (Å²) >= 11 is 0. The van der Waals surface area contributed by atoms with E-state index in [0.29, 0.717) is 12.0 Å². The minimum absolute atomic E-state index is 0.0213. The van der Waals surface area contributed by atoms with Gasteiger partial charge < -0.3 is 14.8 Å². The monoisotopic (exact) mass is 257 g/mol. The van der Waals surface area contributed by atoms with E-state index in [1.54, 1.807) is 0 Å². The van der Waals surface area contributed by atoms with Crippen LogP contribution in [-0.4, -0.2) is 37.0 Å². The van der Waals surface area contributed by atoms with Gasteiger partial charge in [-0.15, -0.1) is 0 Å². The zero-order valence-corrected chi connectivity index (χ0v) is 13.0. The van der Waals surface area contributed by atoms with Crippen LogP contribution in [0.4, 0.5) is 0 Å². The van der Waals surface area contributed by atoms with Crippen molar-refractivity contribution in [3.05, 3.63) is 0 Å². The van der Waals surface area contributed by atoms with Gasteiger partial charge >= 0.3 is 0 Å². The second-order valence-electron chi connectivity index (χ2n) is 6.50. The third-order valence-corrected chi connectivity index (χ3v) is 3.79. The fourth-order valence-electron chi connectivity index (χ4n) is 3.12. The van der Waals surface area contributed by atoms with Gasteiger partial charge in [-0.3, -0.25) is 0 Å². The van der Waals surface area contributed by atoms with Gasteiger partial charge in [-0.25, -0.2) is 0 Å². The van der Waals surface area contributed by atoms with E-state index < -0.39 is 0 Å². The highest BCUT2D eigenvalue weighted by Crippen LogP contribution is 2.43. The quantitative estimate of drug-likeness (QED) is 0.760.